The summed E-state index contributed by atoms with van der Waals surface area (Å²) in [7, 11) is 0. The molecule has 0 saturated heterocycles. The maximum absolute atomic E-state index is 13.7. The number of benzene rings is 3. The number of hydrogen-bond donors (Lipinski definition) is 0. The summed E-state index contributed by atoms with van der Waals surface area (Å²) in [6.45, 7) is 13.3. The molecule has 1 amide bonds. The van der Waals surface area contributed by atoms with Crippen LogP contribution in [0.25, 0.3) is 10.6 Å². The smallest absolute Gasteiger partial charge is 0.427 e. The van der Waals surface area contributed by atoms with Crippen molar-refractivity contribution in [2.45, 2.75) is 39.5 Å². The van der Waals surface area contributed by atoms with Crippen LogP contribution in [0.2, 0.25) is 0 Å². The van der Waals surface area contributed by atoms with Crippen molar-refractivity contribution in [2.75, 3.05) is 31.1 Å². The summed E-state index contributed by atoms with van der Waals surface area (Å²) in [4.78, 5) is 21.5. The normalized spacial score (nSPS) is 18.9. The summed E-state index contributed by atoms with van der Waals surface area (Å²) < 4.78 is 7.94. The Hall–Kier alpha value is -3.12. The fourth-order valence-corrected chi connectivity index (χ4v) is 9.38. The lowest BCUT2D eigenvalue weighted by atomic mass is 10.1. The quantitative estimate of drug-likeness (QED) is 0.0976. The number of allylic oxidation sites excluding steroid dienone is 3. The van der Waals surface area contributed by atoms with Crippen LogP contribution in [0.15, 0.2) is 129 Å². The Morgan fingerprint density at radius 3 is 2.17 bits per heavy atom. The molecule has 5 nitrogen and oxygen atoms in total. The molecule has 0 unspecified atom stereocenters. The van der Waals surface area contributed by atoms with Crippen molar-refractivity contribution in [1.82, 2.24) is 4.90 Å². The number of carbonyl (C=O) groups is 1. The first-order chi connectivity index (χ1) is 22.9. The highest BCUT2D eigenvalue weighted by molar-refractivity contribution is 8.18. The summed E-state index contributed by atoms with van der Waals surface area (Å²) in [6, 6.07) is 27.7. The molecule has 0 aliphatic carbocycles. The first-order valence-corrected chi connectivity index (χ1v) is 18.6. The number of anilines is 1. The Morgan fingerprint density at radius 1 is 0.833 bits per heavy atom. The van der Waals surface area contributed by atoms with Gasteiger partial charge in [-0.25, -0.2) is 4.79 Å². The molecule has 0 fully saturated rings. The van der Waals surface area contributed by atoms with E-state index in [-0.39, 0.29) is 29.9 Å². The highest BCUT2D eigenvalue weighted by atomic mass is 127. The molecule has 48 heavy (non-hydrogen) atoms. The third-order valence-corrected chi connectivity index (χ3v) is 11.4. The van der Waals surface area contributed by atoms with E-state index in [4.69, 9.17) is 4.74 Å². The van der Waals surface area contributed by atoms with Crippen molar-refractivity contribution in [2.24, 2.45) is 0 Å². The van der Waals surface area contributed by atoms with Gasteiger partial charge in [0.25, 0.3) is 5.04 Å². The maximum atomic E-state index is 13.7. The van der Waals surface area contributed by atoms with E-state index in [1.165, 1.54) is 49.6 Å². The van der Waals surface area contributed by atoms with E-state index < -0.39 is 0 Å². The number of likely N-dealkylation sites (N-methyl/N-ethyl adjacent to an activating group) is 1. The van der Waals surface area contributed by atoms with E-state index in [2.05, 4.69) is 122 Å². The van der Waals surface area contributed by atoms with Crippen LogP contribution < -0.4 is 28.9 Å². The number of nitrogens with zero attached hydrogens (tertiary/aromatic N) is 3. The molecule has 9 heteroatoms. The van der Waals surface area contributed by atoms with Gasteiger partial charge < -0.3 is 38.5 Å². The summed E-state index contributed by atoms with van der Waals surface area (Å²) in [6.07, 6.45) is 8.13. The van der Waals surface area contributed by atoms with E-state index >= 15 is 0 Å². The van der Waals surface area contributed by atoms with Crippen molar-refractivity contribution in [3.05, 3.63) is 141 Å². The van der Waals surface area contributed by atoms with Gasteiger partial charge in [0, 0.05) is 35.0 Å². The van der Waals surface area contributed by atoms with Gasteiger partial charge in [-0.1, -0.05) is 90.3 Å². The standard InChI is InChI=1S/C39H40N3O2S3.HI/c1-6-40-31-24-27(5)20-22-32(31)45-34(40)25-30(44-9-4)21-23-33-39(43)42(8-3)36(46-33)26-35-41(7-2)37(28-16-12-10-13-17-28)38(47-35)29-18-14-11-15-19-29;/h10-26H,6-9H2,1-5H3;1H/q+1;/p-1/b30-21-,33-23-,34-25-;. The molecule has 3 aromatic rings. The topological polar surface area (TPSA) is 35.8 Å². The van der Waals surface area contributed by atoms with Crippen molar-refractivity contribution < 1.29 is 38.1 Å². The van der Waals surface area contributed by atoms with E-state index in [1.54, 1.807) is 23.5 Å². The first kappa shape index (κ1) is 36.2. The number of aryl methyl sites for hydroxylation is 1. The van der Waals surface area contributed by atoms with Gasteiger partial charge in [0.1, 0.15) is 10.7 Å². The summed E-state index contributed by atoms with van der Waals surface area (Å²) in [5.74, 6) is 0.754. The number of rotatable bonds is 10. The molecule has 0 atom stereocenters. The van der Waals surface area contributed by atoms with Gasteiger partial charge in [-0.15, -0.1) is 0 Å². The molecular weight excluding hydrogens is 766 g/mol. The van der Waals surface area contributed by atoms with E-state index in [9.17, 15) is 4.79 Å². The monoisotopic (exact) mass is 805 g/mol. The third kappa shape index (κ3) is 7.54. The van der Waals surface area contributed by atoms with Gasteiger partial charge in [-0.05, 0) is 87.4 Å². The van der Waals surface area contributed by atoms with Crippen LogP contribution in [0.4, 0.5) is 5.69 Å². The van der Waals surface area contributed by atoms with Crippen LogP contribution in [0, 0.1) is 6.92 Å². The lowest BCUT2D eigenvalue weighted by molar-refractivity contribution is -0.435. The Balaban J connectivity index is 0.00000451. The van der Waals surface area contributed by atoms with Gasteiger partial charge in [-0.3, -0.25) is 0 Å². The maximum Gasteiger partial charge on any atom is 0.427 e. The SMILES string of the molecule is CCOC(=C\C=C1/SC(/C=C2\SC(c3ccccc3)=C(c3ccccc3)N2CC)=[N+](CC)C1=O)/C=C1\Sc2ccc(C)cc2N1CC.[I-]. The number of amides is 1. The molecule has 0 bridgehead atoms. The van der Waals surface area contributed by atoms with Crippen molar-refractivity contribution in [1.29, 1.82) is 0 Å². The number of ether oxygens (including phenoxy) is 1. The number of halogens is 1. The van der Waals surface area contributed by atoms with Gasteiger partial charge in [-0.2, -0.15) is 4.58 Å². The third-order valence-electron chi connectivity index (χ3n) is 8.03. The second-order valence-electron chi connectivity index (χ2n) is 11.1. The zero-order valence-corrected chi connectivity index (χ0v) is 32.5. The van der Waals surface area contributed by atoms with Crippen molar-refractivity contribution in [3.8, 4) is 0 Å². The molecule has 3 aromatic carbocycles. The average Bonchev–Trinajstić information content (AvgIpc) is 3.73. The van der Waals surface area contributed by atoms with E-state index in [1.807, 2.05) is 30.6 Å². The van der Waals surface area contributed by atoms with E-state index in [0.29, 0.717) is 18.1 Å². The Bertz CT molecular complexity index is 1860. The Morgan fingerprint density at radius 2 is 1.52 bits per heavy atom. The lowest BCUT2D eigenvalue weighted by Crippen LogP contribution is -3.00. The minimum atomic E-state index is 0. The molecule has 0 aromatic heterocycles. The van der Waals surface area contributed by atoms with Gasteiger partial charge in [0.15, 0.2) is 6.54 Å². The predicted molar refractivity (Wildman–Crippen MR) is 202 cm³/mol. The van der Waals surface area contributed by atoms with Crippen LogP contribution in [-0.2, 0) is 9.53 Å². The Labute approximate surface area is 314 Å². The van der Waals surface area contributed by atoms with Gasteiger partial charge >= 0.3 is 5.91 Å². The predicted octanol–water partition coefficient (Wildman–Crippen LogP) is 6.72. The number of fused-ring (bicyclic) bond motifs is 1. The van der Waals surface area contributed by atoms with Crippen LogP contribution in [0.1, 0.15) is 44.4 Å². The second kappa shape index (κ2) is 16.5. The molecule has 6 rings (SSSR count). The van der Waals surface area contributed by atoms with Crippen LogP contribution in [0.5, 0.6) is 0 Å². The molecule has 3 aliphatic heterocycles. The summed E-state index contributed by atoms with van der Waals surface area (Å²) in [5, 5.41) is 3.17. The summed E-state index contributed by atoms with van der Waals surface area (Å²) in [5.41, 5.74) is 6.05. The lowest BCUT2D eigenvalue weighted by Gasteiger charge is -2.21. The van der Waals surface area contributed by atoms with Crippen LogP contribution in [0.3, 0.4) is 0 Å². The fourth-order valence-electron chi connectivity index (χ4n) is 5.82. The highest BCUT2D eigenvalue weighted by Crippen LogP contribution is 2.51. The number of hydrogen-bond acceptors (Lipinski definition) is 7. The van der Waals surface area contributed by atoms with Crippen LogP contribution >= 0.6 is 35.3 Å². The molecule has 0 radical (unpaired) electrons. The van der Waals surface area contributed by atoms with Crippen molar-refractivity contribution >= 4 is 62.5 Å². The Kier molecular flexibility index (Phi) is 12.4. The number of carbonyl (C=O) groups excluding carboxylic acids is 1. The number of thioether (sulfide) groups is 3. The molecule has 0 saturated carbocycles. The molecule has 0 spiro atoms. The van der Waals surface area contributed by atoms with E-state index in [0.717, 1.165) is 34.0 Å². The highest BCUT2D eigenvalue weighted by Gasteiger charge is 2.38. The zero-order chi connectivity index (χ0) is 32.9. The molecule has 248 valence electrons. The summed E-state index contributed by atoms with van der Waals surface area (Å²) >= 11 is 5.05. The minimum Gasteiger partial charge on any atom is -1.00 e. The largest absolute Gasteiger partial charge is 1.00 e. The zero-order valence-electron chi connectivity index (χ0n) is 27.9. The fraction of sp³-hybridized carbons (Fsp3) is 0.231. The molecule has 3 aliphatic rings. The first-order valence-electron chi connectivity index (χ1n) is 16.2. The molecular formula is C39H40IN3O2S3. The van der Waals surface area contributed by atoms with Gasteiger partial charge in [0.05, 0.1) is 28.0 Å². The van der Waals surface area contributed by atoms with Crippen molar-refractivity contribution in [3.63, 3.8) is 0 Å². The molecule has 3 heterocycles. The van der Waals surface area contributed by atoms with Crippen LogP contribution in [-0.4, -0.2) is 46.7 Å². The molecule has 0 N–H and O–H groups in total. The van der Waals surface area contributed by atoms with Gasteiger partial charge in [0.2, 0.25) is 0 Å². The minimum absolute atomic E-state index is 0. The average molecular weight is 806 g/mol. The second-order valence-corrected chi connectivity index (χ2v) is 14.2.